The van der Waals surface area contributed by atoms with Gasteiger partial charge < -0.3 is 14.8 Å². The van der Waals surface area contributed by atoms with Crippen molar-refractivity contribution in [2.75, 3.05) is 18.5 Å². The standard InChI is InChI=1S/C24H29NO4/c1-4-28-21-12-11-19(16-20(21)22(26)29-5-2)25-23(27)24(13-6-7-14-24)18-10-8-9-17(3)15-18/h8-12,15-16H,4-7,13-14H2,1-3H3,(H,25,27). The van der Waals surface area contributed by atoms with E-state index in [1.807, 2.05) is 32.0 Å². The molecule has 3 rings (SSSR count). The quantitative estimate of drug-likeness (QED) is 0.669. The van der Waals surface area contributed by atoms with Crippen LogP contribution in [0, 0.1) is 6.92 Å². The van der Waals surface area contributed by atoms with E-state index in [0.717, 1.165) is 36.8 Å². The van der Waals surface area contributed by atoms with Crippen molar-refractivity contribution in [1.82, 2.24) is 0 Å². The van der Waals surface area contributed by atoms with E-state index in [4.69, 9.17) is 9.47 Å². The van der Waals surface area contributed by atoms with Crippen LogP contribution in [-0.4, -0.2) is 25.1 Å². The number of anilines is 1. The highest BCUT2D eigenvalue weighted by molar-refractivity contribution is 6.01. The van der Waals surface area contributed by atoms with Crippen LogP contribution in [0.1, 0.15) is 61.0 Å². The fourth-order valence-corrected chi connectivity index (χ4v) is 4.08. The molecule has 1 fully saturated rings. The van der Waals surface area contributed by atoms with E-state index in [0.29, 0.717) is 23.6 Å². The largest absolute Gasteiger partial charge is 0.493 e. The third kappa shape index (κ3) is 4.44. The lowest BCUT2D eigenvalue weighted by atomic mass is 9.77. The van der Waals surface area contributed by atoms with Crippen molar-refractivity contribution in [3.05, 3.63) is 59.2 Å². The Morgan fingerprint density at radius 3 is 2.45 bits per heavy atom. The molecule has 5 heteroatoms. The topological polar surface area (TPSA) is 64.6 Å². The Hall–Kier alpha value is -2.82. The fourth-order valence-electron chi connectivity index (χ4n) is 4.08. The number of esters is 1. The summed E-state index contributed by atoms with van der Waals surface area (Å²) in [5.41, 5.74) is 2.56. The van der Waals surface area contributed by atoms with Gasteiger partial charge in [0.2, 0.25) is 5.91 Å². The van der Waals surface area contributed by atoms with Crippen LogP contribution in [0.3, 0.4) is 0 Å². The Balaban J connectivity index is 1.90. The molecule has 0 spiro atoms. The monoisotopic (exact) mass is 395 g/mol. The molecule has 0 atom stereocenters. The predicted molar refractivity (Wildman–Crippen MR) is 114 cm³/mol. The fraction of sp³-hybridized carbons (Fsp3) is 0.417. The van der Waals surface area contributed by atoms with Crippen molar-refractivity contribution in [2.24, 2.45) is 0 Å². The van der Waals surface area contributed by atoms with Gasteiger partial charge in [-0.15, -0.1) is 0 Å². The number of rotatable bonds is 7. The smallest absolute Gasteiger partial charge is 0.341 e. The van der Waals surface area contributed by atoms with Crippen molar-refractivity contribution in [1.29, 1.82) is 0 Å². The van der Waals surface area contributed by atoms with Gasteiger partial charge in [0.1, 0.15) is 11.3 Å². The van der Waals surface area contributed by atoms with Crippen molar-refractivity contribution in [3.8, 4) is 5.75 Å². The highest BCUT2D eigenvalue weighted by atomic mass is 16.5. The van der Waals surface area contributed by atoms with E-state index in [9.17, 15) is 9.59 Å². The summed E-state index contributed by atoms with van der Waals surface area (Å²) in [6, 6.07) is 13.3. The van der Waals surface area contributed by atoms with Crippen molar-refractivity contribution < 1.29 is 19.1 Å². The molecule has 0 bridgehead atoms. The molecule has 2 aromatic rings. The van der Waals surface area contributed by atoms with Gasteiger partial charge in [-0.25, -0.2) is 4.79 Å². The average Bonchev–Trinajstić information content (AvgIpc) is 3.21. The number of benzene rings is 2. The van der Waals surface area contributed by atoms with Gasteiger partial charge in [-0.05, 0) is 57.4 Å². The number of hydrogen-bond donors (Lipinski definition) is 1. The second-order valence-electron chi connectivity index (χ2n) is 7.48. The Bertz CT molecular complexity index is 884. The molecule has 0 aliphatic heterocycles. The van der Waals surface area contributed by atoms with Crippen LogP contribution < -0.4 is 10.1 Å². The summed E-state index contributed by atoms with van der Waals surface area (Å²) in [5.74, 6) is -0.0286. The second-order valence-corrected chi connectivity index (χ2v) is 7.48. The van der Waals surface area contributed by atoms with Crippen molar-refractivity contribution in [3.63, 3.8) is 0 Å². The molecular formula is C24H29NO4. The molecule has 29 heavy (non-hydrogen) atoms. The highest BCUT2D eigenvalue weighted by Gasteiger charge is 2.42. The van der Waals surface area contributed by atoms with Crippen LogP contribution in [0.5, 0.6) is 5.75 Å². The molecule has 1 amide bonds. The van der Waals surface area contributed by atoms with E-state index in [2.05, 4.69) is 11.4 Å². The average molecular weight is 395 g/mol. The summed E-state index contributed by atoms with van der Waals surface area (Å²) >= 11 is 0. The number of nitrogens with one attached hydrogen (secondary N) is 1. The molecule has 1 aliphatic carbocycles. The van der Waals surface area contributed by atoms with Crippen molar-refractivity contribution in [2.45, 2.75) is 51.9 Å². The zero-order valence-corrected chi connectivity index (χ0v) is 17.4. The van der Waals surface area contributed by atoms with Gasteiger partial charge in [0, 0.05) is 5.69 Å². The molecule has 0 heterocycles. The zero-order valence-electron chi connectivity index (χ0n) is 17.4. The SMILES string of the molecule is CCOC(=O)c1cc(NC(=O)C2(c3cccc(C)c3)CCCC2)ccc1OCC. The number of hydrogen-bond acceptors (Lipinski definition) is 4. The third-order valence-corrected chi connectivity index (χ3v) is 5.50. The lowest BCUT2D eigenvalue weighted by Crippen LogP contribution is -2.38. The first-order valence-corrected chi connectivity index (χ1v) is 10.3. The minimum atomic E-state index is -0.533. The normalized spacial score (nSPS) is 15.0. The van der Waals surface area contributed by atoms with Crippen LogP contribution in [-0.2, 0) is 14.9 Å². The summed E-state index contributed by atoms with van der Waals surface area (Å²) in [7, 11) is 0. The van der Waals surface area contributed by atoms with Gasteiger partial charge in [0.25, 0.3) is 0 Å². The lowest BCUT2D eigenvalue weighted by Gasteiger charge is -2.29. The van der Waals surface area contributed by atoms with E-state index < -0.39 is 11.4 Å². The summed E-state index contributed by atoms with van der Waals surface area (Å²) in [5, 5.41) is 3.05. The van der Waals surface area contributed by atoms with Crippen LogP contribution in [0.2, 0.25) is 0 Å². The van der Waals surface area contributed by atoms with Gasteiger partial charge in [0.05, 0.1) is 18.6 Å². The summed E-state index contributed by atoms with van der Waals surface area (Å²) in [6.45, 7) is 6.38. The molecule has 0 aromatic heterocycles. The van der Waals surface area contributed by atoms with Crippen LogP contribution in [0.15, 0.2) is 42.5 Å². The van der Waals surface area contributed by atoms with Crippen LogP contribution in [0.25, 0.3) is 0 Å². The van der Waals surface area contributed by atoms with Crippen LogP contribution >= 0.6 is 0 Å². The second kappa shape index (κ2) is 9.12. The molecule has 0 unspecified atom stereocenters. The number of carbonyl (C=O) groups excluding carboxylic acids is 2. The van der Waals surface area contributed by atoms with Gasteiger partial charge >= 0.3 is 5.97 Å². The number of aryl methyl sites for hydroxylation is 1. The van der Waals surface area contributed by atoms with Crippen LogP contribution in [0.4, 0.5) is 5.69 Å². The maximum atomic E-state index is 13.4. The van der Waals surface area contributed by atoms with Crippen molar-refractivity contribution >= 4 is 17.6 Å². The number of ether oxygens (including phenoxy) is 2. The first-order chi connectivity index (χ1) is 14.0. The molecule has 5 nitrogen and oxygen atoms in total. The lowest BCUT2D eigenvalue weighted by molar-refractivity contribution is -0.121. The Kier molecular flexibility index (Phi) is 6.57. The molecule has 2 aromatic carbocycles. The highest BCUT2D eigenvalue weighted by Crippen LogP contribution is 2.42. The molecule has 0 saturated heterocycles. The minimum absolute atomic E-state index is 0.0282. The Labute approximate surface area is 172 Å². The first-order valence-electron chi connectivity index (χ1n) is 10.3. The maximum absolute atomic E-state index is 13.4. The van der Waals surface area contributed by atoms with E-state index in [1.54, 1.807) is 25.1 Å². The summed E-state index contributed by atoms with van der Waals surface area (Å²) < 4.78 is 10.7. The van der Waals surface area contributed by atoms with E-state index in [1.165, 1.54) is 0 Å². The first kappa shape index (κ1) is 20.9. The molecule has 1 saturated carbocycles. The molecule has 0 radical (unpaired) electrons. The molecule has 1 aliphatic rings. The van der Waals surface area contributed by atoms with E-state index in [-0.39, 0.29) is 12.5 Å². The number of carbonyl (C=O) groups is 2. The Morgan fingerprint density at radius 2 is 1.79 bits per heavy atom. The zero-order chi connectivity index (χ0) is 20.9. The van der Waals surface area contributed by atoms with Gasteiger partial charge in [-0.3, -0.25) is 4.79 Å². The maximum Gasteiger partial charge on any atom is 0.341 e. The summed E-state index contributed by atoms with van der Waals surface area (Å²) in [4.78, 5) is 25.7. The number of amides is 1. The predicted octanol–water partition coefficient (Wildman–Crippen LogP) is 5.02. The van der Waals surface area contributed by atoms with Gasteiger partial charge in [-0.2, -0.15) is 0 Å². The molecular weight excluding hydrogens is 366 g/mol. The molecule has 1 N–H and O–H groups in total. The minimum Gasteiger partial charge on any atom is -0.493 e. The molecule has 154 valence electrons. The summed E-state index contributed by atoms with van der Waals surface area (Å²) in [6.07, 6.45) is 3.70. The van der Waals surface area contributed by atoms with Gasteiger partial charge in [-0.1, -0.05) is 42.7 Å². The third-order valence-electron chi connectivity index (χ3n) is 5.50. The Morgan fingerprint density at radius 1 is 1.03 bits per heavy atom. The van der Waals surface area contributed by atoms with Gasteiger partial charge in [0.15, 0.2) is 0 Å². The van der Waals surface area contributed by atoms with E-state index >= 15 is 0 Å².